The molecule has 0 aliphatic rings. The van der Waals surface area contributed by atoms with Crippen molar-refractivity contribution >= 4 is 44.0 Å². The number of halogens is 1. The van der Waals surface area contributed by atoms with Crippen LogP contribution in [0, 0.1) is 14.2 Å². The fourth-order valence-electron chi connectivity index (χ4n) is 1.34. The minimum absolute atomic E-state index is 0.0597. The van der Waals surface area contributed by atoms with Gasteiger partial charge in [0.1, 0.15) is 0 Å². The lowest BCUT2D eigenvalue weighted by Crippen LogP contribution is -1.82. The summed E-state index contributed by atoms with van der Waals surface area (Å²) in [5.41, 5.74) is 1.63. The Morgan fingerprint density at radius 2 is 2.29 bits per heavy atom. The summed E-state index contributed by atoms with van der Waals surface area (Å²) in [6, 6.07) is 7.65. The second-order valence-corrected chi connectivity index (χ2v) is 5.70. The highest BCUT2D eigenvalue weighted by Crippen LogP contribution is 2.32. The molecule has 0 radical (unpaired) electrons. The molecule has 0 unspecified atom stereocenters. The van der Waals surface area contributed by atoms with Crippen LogP contribution in [-0.2, 0) is 6.61 Å². The summed E-state index contributed by atoms with van der Waals surface area (Å²) in [6.07, 6.45) is 0. The van der Waals surface area contributed by atoms with Crippen molar-refractivity contribution < 1.29 is 5.11 Å². The van der Waals surface area contributed by atoms with Gasteiger partial charge in [-0.25, -0.2) is 0 Å². The first-order valence-corrected chi connectivity index (χ1v) is 5.87. The summed E-state index contributed by atoms with van der Waals surface area (Å²) in [4.78, 5) is 0. The van der Waals surface area contributed by atoms with Gasteiger partial charge in [0.25, 0.3) is 0 Å². The van der Waals surface area contributed by atoms with Crippen LogP contribution in [0.5, 0.6) is 0 Å². The van der Waals surface area contributed by atoms with Gasteiger partial charge in [0.2, 0.25) is 0 Å². The molecule has 0 fully saturated rings. The third-order valence-electron chi connectivity index (χ3n) is 2.03. The van der Waals surface area contributed by atoms with E-state index in [9.17, 15) is 0 Å². The van der Waals surface area contributed by atoms with E-state index in [4.69, 9.17) is 10.4 Å². The van der Waals surface area contributed by atoms with Crippen LogP contribution in [0.3, 0.4) is 0 Å². The summed E-state index contributed by atoms with van der Waals surface area (Å²) in [5.74, 6) is 0. The molecule has 4 heteroatoms. The molecule has 0 saturated heterocycles. The lowest BCUT2D eigenvalue weighted by atomic mass is 10.1. The number of aliphatic hydroxyl groups is 1. The number of rotatable bonds is 1. The predicted octanol–water partition coefficient (Wildman–Crippen LogP) is 2.87. The van der Waals surface area contributed by atoms with Crippen molar-refractivity contribution in [3.05, 3.63) is 32.2 Å². The molecule has 0 bridgehead atoms. The Morgan fingerprint density at radius 1 is 1.50 bits per heavy atom. The van der Waals surface area contributed by atoms with E-state index in [1.165, 1.54) is 0 Å². The molecule has 1 N–H and O–H groups in total. The second-order valence-electron chi connectivity index (χ2n) is 2.84. The molecule has 2 rings (SSSR count). The molecule has 70 valence electrons. The first-order chi connectivity index (χ1) is 6.76. The number of nitriles is 1. The predicted molar refractivity (Wildman–Crippen MR) is 65.2 cm³/mol. The van der Waals surface area contributed by atoms with Crippen molar-refractivity contribution in [1.29, 1.82) is 5.26 Å². The third-order valence-corrected chi connectivity index (χ3v) is 4.33. The Kier molecular flexibility index (Phi) is 2.72. The third kappa shape index (κ3) is 1.52. The number of thiophene rings is 1. The molecule has 2 nitrogen and oxygen atoms in total. The maximum Gasteiger partial charge on any atom is 0.0992 e. The quantitative estimate of drug-likeness (QED) is 0.823. The fraction of sp³-hybridized carbons (Fsp3) is 0.100. The molecule has 0 spiro atoms. The number of hydrogen-bond acceptors (Lipinski definition) is 3. The molecule has 0 saturated carbocycles. The van der Waals surface area contributed by atoms with Gasteiger partial charge in [0, 0.05) is 10.3 Å². The Hall–Kier alpha value is -0.640. The normalized spacial score (nSPS) is 10.4. The number of aliphatic hydroxyl groups excluding tert-OH is 1. The minimum atomic E-state index is 0.0597. The van der Waals surface area contributed by atoms with Crippen molar-refractivity contribution in [2.75, 3.05) is 0 Å². The summed E-state index contributed by atoms with van der Waals surface area (Å²) >= 11 is 3.82. The molecule has 1 aromatic heterocycles. The second kappa shape index (κ2) is 3.85. The summed E-state index contributed by atoms with van der Waals surface area (Å²) in [7, 11) is 0. The first kappa shape index (κ1) is 9.90. The van der Waals surface area contributed by atoms with Gasteiger partial charge in [-0.05, 0) is 40.1 Å². The van der Waals surface area contributed by atoms with Crippen LogP contribution in [0.2, 0.25) is 0 Å². The Bertz CT molecular complexity index is 527. The molecule has 0 aliphatic carbocycles. The fourth-order valence-corrected chi connectivity index (χ4v) is 3.49. The number of fused-ring (bicyclic) bond motifs is 1. The highest BCUT2D eigenvalue weighted by molar-refractivity contribution is 14.1. The molecule has 0 aliphatic heterocycles. The average molecular weight is 315 g/mol. The number of hydrogen-bond donors (Lipinski definition) is 1. The molecule has 0 amide bonds. The molecular formula is C10H6INOS. The summed E-state index contributed by atoms with van der Waals surface area (Å²) in [6.45, 7) is 0.0597. The molecule has 1 heterocycles. The van der Waals surface area contributed by atoms with E-state index >= 15 is 0 Å². The standard InChI is InChI=1S/C10H6INOS/c11-10-8(5-13)7-2-1-6(4-12)3-9(7)14-10/h1-3,13H,5H2. The minimum Gasteiger partial charge on any atom is -0.392 e. The summed E-state index contributed by atoms with van der Waals surface area (Å²) < 4.78 is 2.16. The number of benzene rings is 1. The molecule has 1 aromatic carbocycles. The van der Waals surface area contributed by atoms with Gasteiger partial charge >= 0.3 is 0 Å². The van der Waals surface area contributed by atoms with Gasteiger partial charge in [-0.2, -0.15) is 5.26 Å². The molecule has 2 aromatic rings. The van der Waals surface area contributed by atoms with Gasteiger partial charge in [-0.15, -0.1) is 11.3 Å². The Morgan fingerprint density at radius 3 is 2.93 bits per heavy atom. The van der Waals surface area contributed by atoms with E-state index in [1.807, 2.05) is 12.1 Å². The topological polar surface area (TPSA) is 44.0 Å². The van der Waals surface area contributed by atoms with E-state index < -0.39 is 0 Å². The van der Waals surface area contributed by atoms with Crippen molar-refractivity contribution in [3.63, 3.8) is 0 Å². The lowest BCUT2D eigenvalue weighted by Gasteiger charge is -1.94. The highest BCUT2D eigenvalue weighted by Gasteiger charge is 2.09. The van der Waals surface area contributed by atoms with Crippen LogP contribution in [-0.4, -0.2) is 5.11 Å². The Labute approximate surface area is 98.9 Å². The van der Waals surface area contributed by atoms with E-state index in [2.05, 4.69) is 28.7 Å². The van der Waals surface area contributed by atoms with E-state index in [-0.39, 0.29) is 6.61 Å². The van der Waals surface area contributed by atoms with Gasteiger partial charge in [-0.3, -0.25) is 0 Å². The van der Waals surface area contributed by atoms with E-state index in [1.54, 1.807) is 17.4 Å². The van der Waals surface area contributed by atoms with E-state index in [0.29, 0.717) is 5.56 Å². The van der Waals surface area contributed by atoms with Crippen molar-refractivity contribution in [1.82, 2.24) is 0 Å². The van der Waals surface area contributed by atoms with Crippen LogP contribution >= 0.6 is 33.9 Å². The van der Waals surface area contributed by atoms with Crippen LogP contribution in [0.15, 0.2) is 18.2 Å². The van der Waals surface area contributed by atoms with Crippen molar-refractivity contribution in [2.45, 2.75) is 6.61 Å². The van der Waals surface area contributed by atoms with Crippen LogP contribution < -0.4 is 0 Å². The summed E-state index contributed by atoms with van der Waals surface area (Å²) in [5, 5.41) is 19.0. The largest absolute Gasteiger partial charge is 0.392 e. The molecule has 0 atom stereocenters. The van der Waals surface area contributed by atoms with Crippen molar-refractivity contribution in [2.24, 2.45) is 0 Å². The van der Waals surface area contributed by atoms with Crippen LogP contribution in [0.25, 0.3) is 10.1 Å². The highest BCUT2D eigenvalue weighted by atomic mass is 127. The van der Waals surface area contributed by atoms with Gasteiger partial charge in [0.15, 0.2) is 0 Å². The van der Waals surface area contributed by atoms with Crippen LogP contribution in [0.4, 0.5) is 0 Å². The maximum atomic E-state index is 9.17. The van der Waals surface area contributed by atoms with Crippen LogP contribution in [0.1, 0.15) is 11.1 Å². The zero-order valence-corrected chi connectivity index (χ0v) is 10.1. The van der Waals surface area contributed by atoms with Crippen molar-refractivity contribution in [3.8, 4) is 6.07 Å². The first-order valence-electron chi connectivity index (χ1n) is 3.98. The molecular weight excluding hydrogens is 309 g/mol. The van der Waals surface area contributed by atoms with Gasteiger partial charge in [0.05, 0.1) is 21.1 Å². The zero-order valence-electron chi connectivity index (χ0n) is 7.12. The van der Waals surface area contributed by atoms with Gasteiger partial charge in [-0.1, -0.05) is 6.07 Å². The maximum absolute atomic E-state index is 9.17. The smallest absolute Gasteiger partial charge is 0.0992 e. The lowest BCUT2D eigenvalue weighted by molar-refractivity contribution is 0.283. The van der Waals surface area contributed by atoms with Gasteiger partial charge < -0.3 is 5.11 Å². The number of nitrogens with zero attached hydrogens (tertiary/aromatic N) is 1. The average Bonchev–Trinajstić information content (AvgIpc) is 2.51. The Balaban J connectivity index is 2.76. The van der Waals surface area contributed by atoms with E-state index in [0.717, 1.165) is 18.5 Å². The monoisotopic (exact) mass is 315 g/mol. The zero-order chi connectivity index (χ0) is 10.1. The SMILES string of the molecule is N#Cc1ccc2c(CO)c(I)sc2c1. The molecule has 14 heavy (non-hydrogen) atoms.